The SMILES string of the molecule is COc1ccccc1C(=O)Nc1ccc(C(=O)NCC(=O)O)cc1. The van der Waals surface area contributed by atoms with Crippen molar-refractivity contribution < 1.29 is 24.2 Å². The number of carboxylic acid groups (broad SMARTS) is 1. The maximum atomic E-state index is 12.3. The fourth-order valence-corrected chi connectivity index (χ4v) is 1.99. The second-order valence-corrected chi connectivity index (χ2v) is 4.81. The Morgan fingerprint density at radius 2 is 1.67 bits per heavy atom. The molecule has 7 nitrogen and oxygen atoms in total. The van der Waals surface area contributed by atoms with Crippen LogP contribution in [0.15, 0.2) is 48.5 Å². The molecule has 2 aromatic carbocycles. The van der Waals surface area contributed by atoms with Gasteiger partial charge in [0.25, 0.3) is 11.8 Å². The van der Waals surface area contributed by atoms with Crippen LogP contribution in [0.3, 0.4) is 0 Å². The van der Waals surface area contributed by atoms with Crippen LogP contribution in [0.4, 0.5) is 5.69 Å². The highest BCUT2D eigenvalue weighted by Crippen LogP contribution is 2.19. The zero-order valence-corrected chi connectivity index (χ0v) is 12.9. The molecule has 0 saturated carbocycles. The van der Waals surface area contributed by atoms with Crippen molar-refractivity contribution in [3.05, 3.63) is 59.7 Å². The molecule has 24 heavy (non-hydrogen) atoms. The number of amides is 2. The highest BCUT2D eigenvalue weighted by molar-refractivity contribution is 6.06. The first-order valence-corrected chi connectivity index (χ1v) is 7.05. The minimum absolute atomic E-state index is 0.298. The quantitative estimate of drug-likeness (QED) is 0.749. The summed E-state index contributed by atoms with van der Waals surface area (Å²) in [6, 6.07) is 12.9. The van der Waals surface area contributed by atoms with Gasteiger partial charge in [0.05, 0.1) is 12.7 Å². The summed E-state index contributed by atoms with van der Waals surface area (Å²) in [4.78, 5) is 34.4. The molecular weight excluding hydrogens is 312 g/mol. The van der Waals surface area contributed by atoms with E-state index in [2.05, 4.69) is 10.6 Å². The average molecular weight is 328 g/mol. The molecule has 2 aromatic rings. The molecule has 0 bridgehead atoms. The molecule has 2 amide bonds. The van der Waals surface area contributed by atoms with Gasteiger partial charge >= 0.3 is 5.97 Å². The third kappa shape index (κ3) is 4.33. The van der Waals surface area contributed by atoms with E-state index in [1.165, 1.54) is 19.2 Å². The lowest BCUT2D eigenvalue weighted by atomic mass is 10.1. The molecule has 0 aliphatic heterocycles. The monoisotopic (exact) mass is 328 g/mol. The maximum absolute atomic E-state index is 12.3. The summed E-state index contributed by atoms with van der Waals surface area (Å²) in [7, 11) is 1.48. The summed E-state index contributed by atoms with van der Waals surface area (Å²) < 4.78 is 5.14. The Hall–Kier alpha value is -3.35. The van der Waals surface area contributed by atoms with Crippen LogP contribution in [0, 0.1) is 0 Å². The number of aliphatic carboxylic acids is 1. The van der Waals surface area contributed by atoms with Gasteiger partial charge < -0.3 is 20.5 Å². The molecule has 0 aromatic heterocycles. The zero-order valence-electron chi connectivity index (χ0n) is 12.9. The number of anilines is 1. The fourth-order valence-electron chi connectivity index (χ4n) is 1.99. The summed E-state index contributed by atoms with van der Waals surface area (Å²) >= 11 is 0. The van der Waals surface area contributed by atoms with Crippen molar-refractivity contribution >= 4 is 23.5 Å². The molecule has 0 atom stereocenters. The maximum Gasteiger partial charge on any atom is 0.322 e. The fraction of sp³-hybridized carbons (Fsp3) is 0.118. The number of para-hydroxylation sites is 1. The van der Waals surface area contributed by atoms with Crippen molar-refractivity contribution in [2.24, 2.45) is 0 Å². The Balaban J connectivity index is 2.04. The van der Waals surface area contributed by atoms with E-state index in [1.54, 1.807) is 36.4 Å². The van der Waals surface area contributed by atoms with Crippen molar-refractivity contribution in [2.75, 3.05) is 19.0 Å². The molecule has 0 spiro atoms. The van der Waals surface area contributed by atoms with Gasteiger partial charge in [0.2, 0.25) is 0 Å². The molecule has 7 heteroatoms. The van der Waals surface area contributed by atoms with E-state index in [0.29, 0.717) is 22.6 Å². The first-order valence-electron chi connectivity index (χ1n) is 7.05. The average Bonchev–Trinajstić information content (AvgIpc) is 2.60. The first kappa shape index (κ1) is 17.0. The van der Waals surface area contributed by atoms with Crippen LogP contribution in [0.5, 0.6) is 5.75 Å². The van der Waals surface area contributed by atoms with Crippen molar-refractivity contribution in [3.63, 3.8) is 0 Å². The minimum atomic E-state index is -1.12. The smallest absolute Gasteiger partial charge is 0.322 e. The van der Waals surface area contributed by atoms with Crippen LogP contribution in [0.25, 0.3) is 0 Å². The zero-order chi connectivity index (χ0) is 17.5. The minimum Gasteiger partial charge on any atom is -0.496 e. The number of carboxylic acids is 1. The molecular formula is C17H16N2O5. The van der Waals surface area contributed by atoms with Gasteiger partial charge in [-0.25, -0.2) is 0 Å². The van der Waals surface area contributed by atoms with E-state index in [0.717, 1.165) is 0 Å². The lowest BCUT2D eigenvalue weighted by molar-refractivity contribution is -0.135. The first-order chi connectivity index (χ1) is 11.5. The summed E-state index contributed by atoms with van der Waals surface area (Å²) in [5.41, 5.74) is 1.19. The van der Waals surface area contributed by atoms with E-state index in [1.807, 2.05) is 0 Å². The number of rotatable bonds is 6. The van der Waals surface area contributed by atoms with E-state index in [9.17, 15) is 14.4 Å². The van der Waals surface area contributed by atoms with E-state index >= 15 is 0 Å². The molecule has 124 valence electrons. The Bertz CT molecular complexity index is 756. The predicted octanol–water partition coefficient (Wildman–Crippen LogP) is 1.76. The lowest BCUT2D eigenvalue weighted by Crippen LogP contribution is -2.29. The molecule has 2 rings (SSSR count). The second-order valence-electron chi connectivity index (χ2n) is 4.81. The number of benzene rings is 2. The number of nitrogens with one attached hydrogen (secondary N) is 2. The van der Waals surface area contributed by atoms with E-state index in [-0.39, 0.29) is 5.91 Å². The molecule has 0 radical (unpaired) electrons. The van der Waals surface area contributed by atoms with Crippen LogP contribution in [-0.4, -0.2) is 36.5 Å². The van der Waals surface area contributed by atoms with Gasteiger partial charge in [0.15, 0.2) is 0 Å². The highest BCUT2D eigenvalue weighted by atomic mass is 16.5. The molecule has 0 aliphatic carbocycles. The van der Waals surface area contributed by atoms with Crippen LogP contribution in [0.2, 0.25) is 0 Å². The van der Waals surface area contributed by atoms with E-state index < -0.39 is 18.4 Å². The van der Waals surface area contributed by atoms with Crippen molar-refractivity contribution in [3.8, 4) is 5.75 Å². The molecule has 0 aliphatic rings. The van der Waals surface area contributed by atoms with Crippen molar-refractivity contribution in [1.29, 1.82) is 0 Å². The molecule has 0 fully saturated rings. The largest absolute Gasteiger partial charge is 0.496 e. The Morgan fingerprint density at radius 3 is 2.29 bits per heavy atom. The molecule has 0 heterocycles. The number of ether oxygens (including phenoxy) is 1. The van der Waals surface area contributed by atoms with Crippen LogP contribution in [0.1, 0.15) is 20.7 Å². The summed E-state index contributed by atoms with van der Waals surface area (Å²) in [6.45, 7) is -0.453. The van der Waals surface area contributed by atoms with Gasteiger partial charge in [-0.2, -0.15) is 0 Å². The van der Waals surface area contributed by atoms with Gasteiger partial charge in [-0.1, -0.05) is 12.1 Å². The Morgan fingerprint density at radius 1 is 1.00 bits per heavy atom. The molecule has 3 N–H and O–H groups in total. The lowest BCUT2D eigenvalue weighted by Gasteiger charge is -2.09. The van der Waals surface area contributed by atoms with E-state index in [4.69, 9.17) is 9.84 Å². The number of methoxy groups -OCH3 is 1. The topological polar surface area (TPSA) is 105 Å². The van der Waals surface area contributed by atoms with Crippen molar-refractivity contribution in [2.45, 2.75) is 0 Å². The van der Waals surface area contributed by atoms with Crippen molar-refractivity contribution in [1.82, 2.24) is 5.32 Å². The number of hydrogen-bond acceptors (Lipinski definition) is 4. The second kappa shape index (κ2) is 7.77. The molecule has 0 unspecified atom stereocenters. The number of hydrogen-bond donors (Lipinski definition) is 3. The third-order valence-corrected chi connectivity index (χ3v) is 3.16. The van der Waals surface area contributed by atoms with Gasteiger partial charge in [0.1, 0.15) is 12.3 Å². The van der Waals surface area contributed by atoms with Crippen LogP contribution < -0.4 is 15.4 Å². The summed E-state index contributed by atoms with van der Waals surface area (Å²) in [5, 5.41) is 13.5. The van der Waals surface area contributed by atoms with Gasteiger partial charge in [-0.05, 0) is 36.4 Å². The Kier molecular flexibility index (Phi) is 5.51. The van der Waals surface area contributed by atoms with Gasteiger partial charge in [-0.3, -0.25) is 14.4 Å². The number of carbonyl (C=O) groups is 3. The van der Waals surface area contributed by atoms with Gasteiger partial charge in [0, 0.05) is 11.3 Å². The predicted molar refractivity (Wildman–Crippen MR) is 87.4 cm³/mol. The van der Waals surface area contributed by atoms with Crippen LogP contribution >= 0.6 is 0 Å². The Labute approximate surface area is 138 Å². The van der Waals surface area contributed by atoms with Gasteiger partial charge in [-0.15, -0.1) is 0 Å². The highest BCUT2D eigenvalue weighted by Gasteiger charge is 2.12. The summed E-state index contributed by atoms with van der Waals surface area (Å²) in [6.07, 6.45) is 0. The number of carbonyl (C=O) groups excluding carboxylic acids is 2. The standard InChI is InChI=1S/C17H16N2O5/c1-24-14-5-3-2-4-13(14)17(23)19-12-8-6-11(7-9-12)16(22)18-10-15(20)21/h2-9H,10H2,1H3,(H,18,22)(H,19,23)(H,20,21). The van der Waals surface area contributed by atoms with Crippen LogP contribution in [-0.2, 0) is 4.79 Å². The summed E-state index contributed by atoms with van der Waals surface area (Å²) in [5.74, 6) is -1.50. The normalized spacial score (nSPS) is 9.88. The molecule has 0 saturated heterocycles. The third-order valence-electron chi connectivity index (χ3n) is 3.16.